The van der Waals surface area contributed by atoms with E-state index in [2.05, 4.69) is 12.2 Å². The highest BCUT2D eigenvalue weighted by Crippen LogP contribution is 2.49. The molecule has 0 heterocycles. The van der Waals surface area contributed by atoms with Crippen molar-refractivity contribution in [3.8, 4) is 0 Å². The molecule has 0 saturated heterocycles. The lowest BCUT2D eigenvalue weighted by atomic mass is 9.91. The fourth-order valence-corrected chi connectivity index (χ4v) is 2.99. The van der Waals surface area contributed by atoms with E-state index >= 15 is 0 Å². The number of rotatable bonds is 2. The van der Waals surface area contributed by atoms with Gasteiger partial charge in [0.05, 0.1) is 25.3 Å². The predicted molar refractivity (Wildman–Crippen MR) is 68.4 cm³/mol. The molecule has 4 nitrogen and oxygen atoms in total. The number of hydrogen-bond donors (Lipinski definition) is 0. The van der Waals surface area contributed by atoms with Crippen molar-refractivity contribution in [1.29, 1.82) is 0 Å². The molecule has 4 heteroatoms. The summed E-state index contributed by atoms with van der Waals surface area (Å²) in [4.78, 5) is 23.6. The zero-order valence-corrected chi connectivity index (χ0v) is 10.8. The minimum absolute atomic E-state index is 0.286. The number of ether oxygens (including phenoxy) is 2. The molecule has 0 radical (unpaired) electrons. The highest BCUT2D eigenvalue weighted by Gasteiger charge is 2.35. The molecule has 3 rings (SSSR count). The van der Waals surface area contributed by atoms with Crippen LogP contribution >= 0.6 is 0 Å². The number of benzene rings is 1. The van der Waals surface area contributed by atoms with Crippen LogP contribution in [0.4, 0.5) is 0 Å². The molecule has 0 fully saturated rings. The molecular formula is C15H14O4. The highest BCUT2D eigenvalue weighted by molar-refractivity contribution is 6.03. The Morgan fingerprint density at radius 1 is 0.947 bits per heavy atom. The van der Waals surface area contributed by atoms with Crippen LogP contribution in [0.3, 0.4) is 0 Å². The van der Waals surface area contributed by atoms with E-state index in [4.69, 9.17) is 9.47 Å². The third kappa shape index (κ3) is 1.67. The van der Waals surface area contributed by atoms with E-state index in [1.165, 1.54) is 14.2 Å². The summed E-state index contributed by atoms with van der Waals surface area (Å²) in [5.41, 5.74) is 2.82. The van der Waals surface area contributed by atoms with Crippen molar-refractivity contribution in [3.05, 3.63) is 46.5 Å². The van der Waals surface area contributed by atoms with E-state index in [9.17, 15) is 9.59 Å². The van der Waals surface area contributed by atoms with E-state index in [-0.39, 0.29) is 11.1 Å². The van der Waals surface area contributed by atoms with Crippen LogP contribution in [0.2, 0.25) is 0 Å². The van der Waals surface area contributed by atoms with E-state index in [1.807, 2.05) is 0 Å². The van der Waals surface area contributed by atoms with Gasteiger partial charge in [-0.1, -0.05) is 12.2 Å². The first-order valence-corrected chi connectivity index (χ1v) is 6.18. The Hall–Kier alpha value is -2.10. The average Bonchev–Trinajstić information content (AvgIpc) is 3.05. The monoisotopic (exact) mass is 258 g/mol. The lowest BCUT2D eigenvalue weighted by Crippen LogP contribution is -2.13. The number of allylic oxidation sites excluding steroid dienone is 2. The van der Waals surface area contributed by atoms with Crippen molar-refractivity contribution < 1.29 is 19.1 Å². The Balaban J connectivity index is 2.16. The normalized spacial score (nSPS) is 22.2. The molecule has 19 heavy (non-hydrogen) atoms. The SMILES string of the molecule is COC(=O)c1cc2c(cc1C(=O)OC)C1C=CC2C1. The van der Waals surface area contributed by atoms with Gasteiger partial charge in [0.2, 0.25) is 0 Å². The van der Waals surface area contributed by atoms with Crippen LogP contribution in [0.15, 0.2) is 24.3 Å². The molecule has 2 unspecified atom stereocenters. The maximum absolute atomic E-state index is 11.8. The van der Waals surface area contributed by atoms with Gasteiger partial charge in [-0.3, -0.25) is 0 Å². The Morgan fingerprint density at radius 3 is 1.74 bits per heavy atom. The molecule has 0 aliphatic heterocycles. The molecule has 98 valence electrons. The van der Waals surface area contributed by atoms with Crippen molar-refractivity contribution in [1.82, 2.24) is 0 Å². The molecule has 0 saturated carbocycles. The summed E-state index contributed by atoms with van der Waals surface area (Å²) < 4.78 is 9.49. The minimum Gasteiger partial charge on any atom is -0.465 e. The number of fused-ring (bicyclic) bond motifs is 5. The first kappa shape index (κ1) is 12.0. The van der Waals surface area contributed by atoms with Crippen molar-refractivity contribution >= 4 is 11.9 Å². The average molecular weight is 258 g/mol. The predicted octanol–water partition coefficient (Wildman–Crippen LogP) is 2.40. The van der Waals surface area contributed by atoms with E-state index in [1.54, 1.807) is 12.1 Å². The van der Waals surface area contributed by atoms with Gasteiger partial charge in [0.25, 0.3) is 0 Å². The second-order valence-corrected chi connectivity index (χ2v) is 4.84. The van der Waals surface area contributed by atoms with Crippen molar-refractivity contribution in [2.75, 3.05) is 14.2 Å². The molecule has 0 spiro atoms. The number of carbonyl (C=O) groups excluding carboxylic acids is 2. The Labute approximate surface area is 111 Å². The lowest BCUT2D eigenvalue weighted by molar-refractivity contribution is 0.0555. The summed E-state index contributed by atoms with van der Waals surface area (Å²) in [6.07, 6.45) is 5.35. The second kappa shape index (κ2) is 4.23. The van der Waals surface area contributed by atoms with Crippen LogP contribution in [-0.4, -0.2) is 26.2 Å². The second-order valence-electron chi connectivity index (χ2n) is 4.84. The van der Waals surface area contributed by atoms with Crippen molar-refractivity contribution in [2.45, 2.75) is 18.3 Å². The van der Waals surface area contributed by atoms with Gasteiger partial charge in [0.1, 0.15) is 0 Å². The van der Waals surface area contributed by atoms with Crippen LogP contribution in [0.25, 0.3) is 0 Å². The minimum atomic E-state index is -0.505. The third-order valence-electron chi connectivity index (χ3n) is 3.92. The molecule has 0 amide bonds. The Morgan fingerprint density at radius 2 is 1.37 bits per heavy atom. The first-order valence-electron chi connectivity index (χ1n) is 6.18. The third-order valence-corrected chi connectivity index (χ3v) is 3.92. The Bertz CT molecular complexity index is 549. The smallest absolute Gasteiger partial charge is 0.338 e. The Kier molecular flexibility index (Phi) is 2.66. The van der Waals surface area contributed by atoms with Gasteiger partial charge in [-0.25, -0.2) is 9.59 Å². The number of esters is 2. The topological polar surface area (TPSA) is 52.6 Å². The number of carbonyl (C=O) groups is 2. The number of hydrogen-bond acceptors (Lipinski definition) is 4. The largest absolute Gasteiger partial charge is 0.465 e. The quantitative estimate of drug-likeness (QED) is 0.603. The molecule has 0 N–H and O–H groups in total. The highest BCUT2D eigenvalue weighted by atomic mass is 16.5. The van der Waals surface area contributed by atoms with Gasteiger partial charge in [-0.15, -0.1) is 0 Å². The maximum Gasteiger partial charge on any atom is 0.338 e. The van der Waals surface area contributed by atoms with E-state index in [0.717, 1.165) is 17.5 Å². The van der Waals surface area contributed by atoms with Gasteiger partial charge < -0.3 is 9.47 Å². The van der Waals surface area contributed by atoms with Gasteiger partial charge >= 0.3 is 11.9 Å². The maximum atomic E-state index is 11.8. The van der Waals surface area contributed by atoms with Crippen LogP contribution in [0, 0.1) is 0 Å². The molecule has 2 atom stereocenters. The summed E-state index contributed by atoms with van der Waals surface area (Å²) in [5, 5.41) is 0. The van der Waals surface area contributed by atoms with Crippen LogP contribution in [0.1, 0.15) is 50.1 Å². The summed E-state index contributed by atoms with van der Waals surface area (Å²) >= 11 is 0. The van der Waals surface area contributed by atoms with Crippen LogP contribution < -0.4 is 0 Å². The zero-order valence-electron chi connectivity index (χ0n) is 10.8. The fourth-order valence-electron chi connectivity index (χ4n) is 2.99. The van der Waals surface area contributed by atoms with E-state index in [0.29, 0.717) is 11.8 Å². The van der Waals surface area contributed by atoms with Gasteiger partial charge in [0, 0.05) is 11.8 Å². The van der Waals surface area contributed by atoms with Gasteiger partial charge in [0.15, 0.2) is 0 Å². The molecule has 1 aromatic carbocycles. The van der Waals surface area contributed by atoms with Crippen LogP contribution in [0.5, 0.6) is 0 Å². The standard InChI is InChI=1S/C15H14O4/c1-18-14(16)12-6-10-8-3-4-9(5-8)11(10)7-13(12)15(17)19-2/h3-4,6-9H,5H2,1-2H3. The molecular weight excluding hydrogens is 244 g/mol. The first-order chi connectivity index (χ1) is 9.15. The number of methoxy groups -OCH3 is 2. The summed E-state index contributed by atoms with van der Waals surface area (Å²) in [5.74, 6) is -0.296. The molecule has 2 bridgehead atoms. The van der Waals surface area contributed by atoms with Crippen molar-refractivity contribution in [3.63, 3.8) is 0 Å². The molecule has 0 aromatic heterocycles. The zero-order chi connectivity index (χ0) is 13.6. The van der Waals surface area contributed by atoms with Gasteiger partial charge in [-0.05, 0) is 29.7 Å². The van der Waals surface area contributed by atoms with Crippen molar-refractivity contribution in [2.24, 2.45) is 0 Å². The molecule has 2 aliphatic carbocycles. The molecule has 1 aromatic rings. The van der Waals surface area contributed by atoms with Crippen LogP contribution in [-0.2, 0) is 9.47 Å². The van der Waals surface area contributed by atoms with E-state index < -0.39 is 11.9 Å². The lowest BCUT2D eigenvalue weighted by Gasteiger charge is -2.14. The fraction of sp³-hybridized carbons (Fsp3) is 0.333. The molecule has 2 aliphatic rings. The summed E-state index contributed by atoms with van der Waals surface area (Å²) in [6.45, 7) is 0. The summed E-state index contributed by atoms with van der Waals surface area (Å²) in [6, 6.07) is 3.56. The summed E-state index contributed by atoms with van der Waals surface area (Å²) in [7, 11) is 2.62. The van der Waals surface area contributed by atoms with Gasteiger partial charge in [-0.2, -0.15) is 0 Å².